The van der Waals surface area contributed by atoms with Crippen molar-refractivity contribution in [3.63, 3.8) is 0 Å². The average molecular weight is 263 g/mol. The van der Waals surface area contributed by atoms with Crippen molar-refractivity contribution in [1.29, 1.82) is 0 Å². The quantitative estimate of drug-likeness (QED) is 0.642. The number of rotatable bonds is 5. The van der Waals surface area contributed by atoms with Crippen LogP contribution in [0.1, 0.15) is 5.56 Å². The highest BCUT2D eigenvalue weighted by Gasteiger charge is 2.24. The summed E-state index contributed by atoms with van der Waals surface area (Å²) in [6.45, 7) is 0.344. The number of nitrogens with zero attached hydrogens (tertiary/aromatic N) is 1. The van der Waals surface area contributed by atoms with Gasteiger partial charge in [-0.25, -0.2) is 0 Å². The number of nitro groups is 1. The third-order valence-electron chi connectivity index (χ3n) is 2.20. The monoisotopic (exact) mass is 262 g/mol. The number of halogens is 1. The highest BCUT2D eigenvalue weighted by molar-refractivity contribution is 5.85. The fourth-order valence-corrected chi connectivity index (χ4v) is 1.51. The van der Waals surface area contributed by atoms with Crippen LogP contribution in [-0.2, 0) is 6.42 Å². The molecule has 0 fully saturated rings. The third kappa shape index (κ3) is 3.21. The summed E-state index contributed by atoms with van der Waals surface area (Å²) in [6.07, 6.45) is 0.427. The second-order valence-electron chi connectivity index (χ2n) is 3.10. The molecule has 0 aliphatic carbocycles. The maximum atomic E-state index is 11.0. The summed E-state index contributed by atoms with van der Waals surface area (Å²) in [5.74, 6) is 0.480. The first kappa shape index (κ1) is 15.5. The molecule has 0 aliphatic heterocycles. The number of benzene rings is 1. The van der Waals surface area contributed by atoms with Gasteiger partial charge in [0.2, 0.25) is 5.75 Å². The molecule has 1 aromatic carbocycles. The van der Waals surface area contributed by atoms with E-state index in [4.69, 9.17) is 15.2 Å². The zero-order valence-electron chi connectivity index (χ0n) is 9.63. The Morgan fingerprint density at radius 2 is 2.00 bits per heavy atom. The van der Waals surface area contributed by atoms with E-state index in [1.807, 2.05) is 0 Å². The lowest BCUT2D eigenvalue weighted by atomic mass is 10.1. The molecule has 6 nitrogen and oxygen atoms in total. The number of methoxy groups -OCH3 is 2. The Morgan fingerprint density at radius 3 is 2.41 bits per heavy atom. The highest BCUT2D eigenvalue weighted by atomic mass is 35.5. The first-order valence-electron chi connectivity index (χ1n) is 4.74. The van der Waals surface area contributed by atoms with Crippen LogP contribution in [0.4, 0.5) is 5.69 Å². The minimum atomic E-state index is -0.480. The molecule has 1 aromatic rings. The van der Waals surface area contributed by atoms with Gasteiger partial charge in [0, 0.05) is 5.56 Å². The molecule has 0 saturated carbocycles. The molecule has 0 spiro atoms. The maximum Gasteiger partial charge on any atom is 0.318 e. The molecule has 17 heavy (non-hydrogen) atoms. The van der Waals surface area contributed by atoms with Crippen molar-refractivity contribution in [2.45, 2.75) is 6.42 Å². The molecule has 0 heterocycles. The van der Waals surface area contributed by atoms with Crippen LogP contribution >= 0.6 is 12.4 Å². The summed E-state index contributed by atoms with van der Waals surface area (Å²) in [4.78, 5) is 10.5. The van der Waals surface area contributed by atoms with Gasteiger partial charge in [0.15, 0.2) is 5.75 Å². The second kappa shape index (κ2) is 6.93. The SMILES string of the molecule is COc1ccc(CCN)c([N+](=O)[O-])c1OC.Cl. The summed E-state index contributed by atoms with van der Waals surface area (Å²) in [7, 11) is 2.81. The molecule has 0 atom stereocenters. The van der Waals surface area contributed by atoms with Gasteiger partial charge in [0.05, 0.1) is 19.1 Å². The number of nitro benzene ring substituents is 1. The minimum absolute atomic E-state index is 0. The largest absolute Gasteiger partial charge is 0.493 e. The molecule has 0 amide bonds. The Hall–Kier alpha value is -1.53. The summed E-state index contributed by atoms with van der Waals surface area (Å²) in [6, 6.07) is 3.27. The van der Waals surface area contributed by atoms with Crippen LogP contribution in [0.15, 0.2) is 12.1 Å². The van der Waals surface area contributed by atoms with Gasteiger partial charge in [-0.3, -0.25) is 10.1 Å². The van der Waals surface area contributed by atoms with E-state index in [9.17, 15) is 10.1 Å². The van der Waals surface area contributed by atoms with E-state index < -0.39 is 4.92 Å². The summed E-state index contributed by atoms with van der Waals surface area (Å²) < 4.78 is 10.0. The van der Waals surface area contributed by atoms with Crippen LogP contribution in [0.3, 0.4) is 0 Å². The molecule has 0 radical (unpaired) electrons. The lowest BCUT2D eigenvalue weighted by Gasteiger charge is -2.10. The van der Waals surface area contributed by atoms with Gasteiger partial charge in [-0.1, -0.05) is 0 Å². The molecule has 0 unspecified atom stereocenters. The molecular formula is C10H15ClN2O4. The summed E-state index contributed by atoms with van der Waals surface area (Å²) >= 11 is 0. The van der Waals surface area contributed by atoms with E-state index in [0.29, 0.717) is 24.3 Å². The van der Waals surface area contributed by atoms with Gasteiger partial charge in [-0.2, -0.15) is 0 Å². The first-order valence-corrected chi connectivity index (χ1v) is 4.74. The van der Waals surface area contributed by atoms with E-state index in [1.165, 1.54) is 14.2 Å². The molecule has 0 saturated heterocycles. The Balaban J connectivity index is 0.00000256. The number of nitrogens with two attached hydrogens (primary N) is 1. The van der Waals surface area contributed by atoms with E-state index >= 15 is 0 Å². The standard InChI is InChI=1S/C10H14N2O4.ClH/c1-15-8-4-3-7(5-6-11)9(12(13)14)10(8)16-2;/h3-4H,5-6,11H2,1-2H3;1H. The predicted octanol–water partition coefficient (Wildman–Crippen LogP) is 1.53. The highest BCUT2D eigenvalue weighted by Crippen LogP contribution is 2.39. The van der Waals surface area contributed by atoms with Crippen molar-refractivity contribution < 1.29 is 14.4 Å². The molecule has 1 rings (SSSR count). The van der Waals surface area contributed by atoms with Gasteiger partial charge >= 0.3 is 5.69 Å². The zero-order chi connectivity index (χ0) is 12.1. The van der Waals surface area contributed by atoms with E-state index in [1.54, 1.807) is 12.1 Å². The van der Waals surface area contributed by atoms with Crippen molar-refractivity contribution in [1.82, 2.24) is 0 Å². The third-order valence-corrected chi connectivity index (χ3v) is 2.20. The van der Waals surface area contributed by atoms with Gasteiger partial charge in [-0.05, 0) is 25.1 Å². The first-order chi connectivity index (χ1) is 7.65. The smallest absolute Gasteiger partial charge is 0.318 e. The molecule has 2 N–H and O–H groups in total. The topological polar surface area (TPSA) is 87.6 Å². The Kier molecular flexibility index (Phi) is 6.30. The molecule has 0 bridgehead atoms. The Labute approximate surface area is 105 Å². The van der Waals surface area contributed by atoms with Gasteiger partial charge in [0.1, 0.15) is 0 Å². The van der Waals surface area contributed by atoms with Crippen LogP contribution in [0, 0.1) is 10.1 Å². The maximum absolute atomic E-state index is 11.0. The number of ether oxygens (including phenoxy) is 2. The molecule has 0 aliphatic rings. The van der Waals surface area contributed by atoms with Crippen LogP contribution in [0.2, 0.25) is 0 Å². The van der Waals surface area contributed by atoms with E-state index in [0.717, 1.165) is 0 Å². The average Bonchev–Trinajstić information content (AvgIpc) is 2.28. The lowest BCUT2D eigenvalue weighted by molar-refractivity contribution is -0.386. The van der Waals surface area contributed by atoms with E-state index in [-0.39, 0.29) is 23.8 Å². The molecule has 96 valence electrons. The van der Waals surface area contributed by atoms with Gasteiger partial charge in [-0.15, -0.1) is 12.4 Å². The van der Waals surface area contributed by atoms with Crippen LogP contribution in [0.25, 0.3) is 0 Å². The van der Waals surface area contributed by atoms with Crippen molar-refractivity contribution in [3.8, 4) is 11.5 Å². The number of hydrogen-bond acceptors (Lipinski definition) is 5. The van der Waals surface area contributed by atoms with E-state index in [2.05, 4.69) is 0 Å². The van der Waals surface area contributed by atoms with Crippen molar-refractivity contribution in [2.24, 2.45) is 5.73 Å². The summed E-state index contributed by atoms with van der Waals surface area (Å²) in [5, 5.41) is 11.0. The van der Waals surface area contributed by atoms with Crippen molar-refractivity contribution in [2.75, 3.05) is 20.8 Å². The summed E-state index contributed by atoms with van der Waals surface area (Å²) in [5.41, 5.74) is 5.87. The zero-order valence-corrected chi connectivity index (χ0v) is 10.5. The number of hydrogen-bond donors (Lipinski definition) is 1. The van der Waals surface area contributed by atoms with Crippen LogP contribution in [0.5, 0.6) is 11.5 Å². The van der Waals surface area contributed by atoms with Crippen molar-refractivity contribution >= 4 is 18.1 Å². The second-order valence-corrected chi connectivity index (χ2v) is 3.10. The lowest BCUT2D eigenvalue weighted by Crippen LogP contribution is -2.07. The minimum Gasteiger partial charge on any atom is -0.493 e. The normalized spacial score (nSPS) is 9.35. The van der Waals surface area contributed by atoms with Gasteiger partial charge in [0.25, 0.3) is 0 Å². The Bertz CT molecular complexity index is 398. The van der Waals surface area contributed by atoms with Crippen molar-refractivity contribution in [3.05, 3.63) is 27.8 Å². The fourth-order valence-electron chi connectivity index (χ4n) is 1.51. The van der Waals surface area contributed by atoms with Crippen LogP contribution < -0.4 is 15.2 Å². The fraction of sp³-hybridized carbons (Fsp3) is 0.400. The predicted molar refractivity (Wildman–Crippen MR) is 66.2 cm³/mol. The van der Waals surface area contributed by atoms with Crippen LogP contribution in [-0.4, -0.2) is 25.7 Å². The molecular weight excluding hydrogens is 248 g/mol. The molecule has 0 aromatic heterocycles. The molecule has 7 heteroatoms. The van der Waals surface area contributed by atoms with Gasteiger partial charge < -0.3 is 15.2 Å². The Morgan fingerprint density at radius 1 is 1.35 bits per heavy atom.